The van der Waals surface area contributed by atoms with Gasteiger partial charge in [0.15, 0.2) is 0 Å². The summed E-state index contributed by atoms with van der Waals surface area (Å²) in [6, 6.07) is 8.27. The Kier molecular flexibility index (Phi) is 2.86. The minimum absolute atomic E-state index is 0.279. The lowest BCUT2D eigenvalue weighted by Crippen LogP contribution is -2.42. The third-order valence-electron chi connectivity index (χ3n) is 4.29. The third-order valence-corrected chi connectivity index (χ3v) is 4.29. The number of nitrogens with one attached hydrogen (secondary N) is 1. The number of fused-ring (bicyclic) bond motifs is 1. The predicted molar refractivity (Wildman–Crippen MR) is 71.6 cm³/mol. The molecule has 0 bridgehead atoms. The Labute approximate surface area is 107 Å². The van der Waals surface area contributed by atoms with Crippen molar-refractivity contribution in [1.82, 2.24) is 4.90 Å². The van der Waals surface area contributed by atoms with Crippen LogP contribution < -0.4 is 11.1 Å². The fraction of sp³-hybridized carbons (Fsp3) is 0.500. The van der Waals surface area contributed by atoms with Crippen molar-refractivity contribution in [3.8, 4) is 0 Å². The number of anilines is 1. The maximum Gasteiger partial charge on any atom is 0.314 e. The highest BCUT2D eigenvalue weighted by Crippen LogP contribution is 2.40. The highest BCUT2D eigenvalue weighted by Gasteiger charge is 2.32. The summed E-state index contributed by atoms with van der Waals surface area (Å²) in [5.41, 5.74) is 8.03. The molecule has 3 N–H and O–H groups in total. The van der Waals surface area contributed by atoms with E-state index in [1.165, 1.54) is 11.3 Å². The average molecular weight is 245 g/mol. The van der Waals surface area contributed by atoms with Crippen LogP contribution in [0.1, 0.15) is 24.3 Å². The molecule has 1 aromatic rings. The molecule has 2 amide bonds. The first-order valence-electron chi connectivity index (χ1n) is 6.63. The van der Waals surface area contributed by atoms with E-state index in [0.717, 1.165) is 32.5 Å². The summed E-state index contributed by atoms with van der Waals surface area (Å²) in [5.74, 6) is 1.26. The molecule has 4 heteroatoms. The van der Waals surface area contributed by atoms with Gasteiger partial charge in [-0.25, -0.2) is 4.79 Å². The minimum atomic E-state index is -0.279. The summed E-state index contributed by atoms with van der Waals surface area (Å²) in [6.45, 7) is 2.64. The predicted octanol–water partition coefficient (Wildman–Crippen LogP) is 1.99. The van der Waals surface area contributed by atoms with Crippen LogP contribution in [0.15, 0.2) is 24.3 Å². The highest BCUT2D eigenvalue weighted by atomic mass is 16.2. The number of urea groups is 1. The molecule has 1 atom stereocenters. The van der Waals surface area contributed by atoms with Gasteiger partial charge < -0.3 is 16.0 Å². The number of carbonyl (C=O) groups is 1. The number of hydrogen-bond donors (Lipinski definition) is 2. The number of nitrogens with two attached hydrogens (primary N) is 1. The van der Waals surface area contributed by atoms with E-state index in [2.05, 4.69) is 29.6 Å². The molecule has 0 aliphatic carbocycles. The third kappa shape index (κ3) is 1.92. The van der Waals surface area contributed by atoms with Crippen LogP contribution >= 0.6 is 0 Å². The summed E-state index contributed by atoms with van der Waals surface area (Å²) in [5, 5.41) is 3.48. The number of likely N-dealkylation sites (tertiary alicyclic amines) is 1. The van der Waals surface area contributed by atoms with E-state index >= 15 is 0 Å². The summed E-state index contributed by atoms with van der Waals surface area (Å²) in [4.78, 5) is 12.9. The first-order chi connectivity index (χ1) is 8.75. The van der Waals surface area contributed by atoms with Crippen molar-refractivity contribution in [2.75, 3.05) is 25.0 Å². The van der Waals surface area contributed by atoms with E-state index in [1.54, 1.807) is 4.90 Å². The van der Waals surface area contributed by atoms with Crippen molar-refractivity contribution in [3.63, 3.8) is 0 Å². The van der Waals surface area contributed by atoms with Gasteiger partial charge in [0.05, 0.1) is 0 Å². The highest BCUT2D eigenvalue weighted by molar-refractivity contribution is 5.72. The smallest absolute Gasteiger partial charge is 0.314 e. The fourth-order valence-electron chi connectivity index (χ4n) is 3.25. The molecule has 0 unspecified atom stereocenters. The fourth-order valence-corrected chi connectivity index (χ4v) is 3.25. The Morgan fingerprint density at radius 1 is 1.28 bits per heavy atom. The van der Waals surface area contributed by atoms with Gasteiger partial charge in [0.2, 0.25) is 0 Å². The molecule has 1 saturated heterocycles. The molecule has 0 aromatic heterocycles. The van der Waals surface area contributed by atoms with Crippen LogP contribution in [0.25, 0.3) is 0 Å². The zero-order valence-electron chi connectivity index (χ0n) is 10.4. The van der Waals surface area contributed by atoms with Crippen molar-refractivity contribution in [3.05, 3.63) is 29.8 Å². The molecule has 18 heavy (non-hydrogen) atoms. The van der Waals surface area contributed by atoms with E-state index in [9.17, 15) is 4.79 Å². The van der Waals surface area contributed by atoms with Gasteiger partial charge in [-0.3, -0.25) is 0 Å². The standard InChI is InChI=1S/C14H19N3O/c15-14(18)17-7-5-10(6-8-17)12-9-16-13-4-2-1-3-11(12)13/h1-4,10,12,16H,5-9H2,(H2,15,18)/t12-/m0/s1. The number of rotatable bonds is 1. The molecule has 4 nitrogen and oxygen atoms in total. The molecular weight excluding hydrogens is 226 g/mol. The van der Waals surface area contributed by atoms with Crippen LogP contribution in [0.4, 0.5) is 10.5 Å². The quantitative estimate of drug-likeness (QED) is 0.795. The van der Waals surface area contributed by atoms with Gasteiger partial charge in [-0.05, 0) is 30.4 Å². The maximum absolute atomic E-state index is 11.1. The van der Waals surface area contributed by atoms with Crippen molar-refractivity contribution >= 4 is 11.7 Å². The molecule has 3 rings (SSSR count). The number of piperidine rings is 1. The molecule has 0 radical (unpaired) electrons. The van der Waals surface area contributed by atoms with E-state index < -0.39 is 0 Å². The van der Waals surface area contributed by atoms with Gasteiger partial charge in [0, 0.05) is 31.2 Å². The van der Waals surface area contributed by atoms with Crippen LogP contribution in [0.3, 0.4) is 0 Å². The number of amides is 2. The zero-order chi connectivity index (χ0) is 12.5. The van der Waals surface area contributed by atoms with E-state index in [1.807, 2.05) is 0 Å². The number of para-hydroxylation sites is 1. The number of nitrogens with zero attached hydrogens (tertiary/aromatic N) is 1. The van der Waals surface area contributed by atoms with Gasteiger partial charge in [-0.15, -0.1) is 0 Å². The average Bonchev–Trinajstić information content (AvgIpc) is 2.82. The van der Waals surface area contributed by atoms with E-state index in [0.29, 0.717) is 11.8 Å². The lowest BCUT2D eigenvalue weighted by atomic mass is 9.81. The van der Waals surface area contributed by atoms with E-state index in [4.69, 9.17) is 5.73 Å². The second kappa shape index (κ2) is 4.52. The Bertz CT molecular complexity index is 452. The topological polar surface area (TPSA) is 58.4 Å². The van der Waals surface area contributed by atoms with Crippen molar-refractivity contribution < 1.29 is 4.79 Å². The maximum atomic E-state index is 11.1. The number of benzene rings is 1. The largest absolute Gasteiger partial charge is 0.384 e. The van der Waals surface area contributed by atoms with Crippen LogP contribution in [-0.4, -0.2) is 30.6 Å². The number of hydrogen-bond acceptors (Lipinski definition) is 2. The molecule has 1 fully saturated rings. The number of carbonyl (C=O) groups excluding carboxylic acids is 1. The lowest BCUT2D eigenvalue weighted by Gasteiger charge is -2.33. The van der Waals surface area contributed by atoms with Gasteiger partial charge in [-0.2, -0.15) is 0 Å². The molecule has 2 aliphatic heterocycles. The first kappa shape index (κ1) is 11.4. The molecule has 2 aliphatic rings. The normalized spacial score (nSPS) is 23.6. The van der Waals surface area contributed by atoms with Crippen molar-refractivity contribution in [1.29, 1.82) is 0 Å². The van der Waals surface area contributed by atoms with Crippen LogP contribution in [0, 0.1) is 5.92 Å². The Balaban J connectivity index is 1.70. The SMILES string of the molecule is NC(=O)N1CCC([C@@H]2CNc3ccccc32)CC1. The zero-order valence-corrected chi connectivity index (χ0v) is 10.4. The van der Waals surface area contributed by atoms with Crippen molar-refractivity contribution in [2.24, 2.45) is 11.7 Å². The van der Waals surface area contributed by atoms with E-state index in [-0.39, 0.29) is 6.03 Å². The van der Waals surface area contributed by atoms with Crippen LogP contribution in [-0.2, 0) is 0 Å². The number of primary amides is 1. The first-order valence-corrected chi connectivity index (χ1v) is 6.63. The molecule has 1 aromatic carbocycles. The Morgan fingerprint density at radius 2 is 2.00 bits per heavy atom. The lowest BCUT2D eigenvalue weighted by molar-refractivity contribution is 0.172. The monoisotopic (exact) mass is 245 g/mol. The Hall–Kier alpha value is -1.71. The summed E-state index contributed by atoms with van der Waals surface area (Å²) in [6.07, 6.45) is 2.12. The minimum Gasteiger partial charge on any atom is -0.384 e. The Morgan fingerprint density at radius 3 is 2.72 bits per heavy atom. The van der Waals surface area contributed by atoms with Gasteiger partial charge in [0.1, 0.15) is 0 Å². The summed E-state index contributed by atoms with van der Waals surface area (Å²) < 4.78 is 0. The summed E-state index contributed by atoms with van der Waals surface area (Å²) in [7, 11) is 0. The van der Waals surface area contributed by atoms with Crippen LogP contribution in [0.5, 0.6) is 0 Å². The second-order valence-corrected chi connectivity index (χ2v) is 5.24. The second-order valence-electron chi connectivity index (χ2n) is 5.24. The van der Waals surface area contributed by atoms with Gasteiger partial charge in [0.25, 0.3) is 0 Å². The van der Waals surface area contributed by atoms with Gasteiger partial charge in [-0.1, -0.05) is 18.2 Å². The molecule has 96 valence electrons. The molecule has 0 spiro atoms. The van der Waals surface area contributed by atoms with Crippen molar-refractivity contribution in [2.45, 2.75) is 18.8 Å². The molecular formula is C14H19N3O. The molecule has 2 heterocycles. The van der Waals surface area contributed by atoms with Gasteiger partial charge >= 0.3 is 6.03 Å². The van der Waals surface area contributed by atoms with Crippen LogP contribution in [0.2, 0.25) is 0 Å². The summed E-state index contributed by atoms with van der Waals surface area (Å²) >= 11 is 0. The molecule has 0 saturated carbocycles.